The summed E-state index contributed by atoms with van der Waals surface area (Å²) in [6, 6.07) is 6.10. The van der Waals surface area contributed by atoms with Crippen LogP contribution in [0.15, 0.2) is 24.3 Å². The maximum Gasteiger partial charge on any atom is 0.153 e. The van der Waals surface area contributed by atoms with E-state index < -0.39 is 9.84 Å². The molecule has 2 nitrogen and oxygen atoms in total. The molecule has 2 rings (SSSR count). The molecule has 0 spiro atoms. The molecule has 1 aromatic carbocycles. The summed E-state index contributed by atoms with van der Waals surface area (Å²) in [6.07, 6.45) is 0.682. The molecule has 1 saturated carbocycles. The molecule has 0 heterocycles. The fourth-order valence-corrected chi connectivity index (χ4v) is 3.43. The molecule has 0 bridgehead atoms. The van der Waals surface area contributed by atoms with Crippen LogP contribution in [0.25, 0.3) is 0 Å². The molecule has 1 aromatic rings. The maximum absolute atomic E-state index is 12.6. The van der Waals surface area contributed by atoms with Crippen molar-refractivity contribution >= 4 is 9.84 Å². The smallest absolute Gasteiger partial charge is 0.153 e. The van der Waals surface area contributed by atoms with Crippen molar-refractivity contribution in [3.05, 3.63) is 35.6 Å². The van der Waals surface area contributed by atoms with Crippen molar-refractivity contribution in [3.8, 4) is 0 Å². The fourth-order valence-electron chi connectivity index (χ4n) is 1.84. The van der Waals surface area contributed by atoms with E-state index in [1.54, 1.807) is 19.1 Å². The predicted molar refractivity (Wildman–Crippen MR) is 57.0 cm³/mol. The Hall–Kier alpha value is -0.900. The number of benzene rings is 1. The van der Waals surface area contributed by atoms with Crippen molar-refractivity contribution in [2.45, 2.75) is 24.5 Å². The second-order valence-electron chi connectivity index (χ2n) is 3.88. The van der Waals surface area contributed by atoms with Crippen molar-refractivity contribution in [2.75, 3.05) is 5.75 Å². The Morgan fingerprint density at radius 1 is 1.33 bits per heavy atom. The Labute approximate surface area is 89.0 Å². The molecule has 0 radical (unpaired) electrons. The fraction of sp³-hybridized carbons (Fsp3) is 0.455. The Balaban J connectivity index is 2.15. The average molecular weight is 228 g/mol. The minimum Gasteiger partial charge on any atom is -0.229 e. The lowest BCUT2D eigenvalue weighted by Crippen LogP contribution is -2.10. The Morgan fingerprint density at radius 2 is 1.93 bits per heavy atom. The molecule has 4 heteroatoms. The standard InChI is InChI=1S/C11H13FO2S/c1-2-15(13,14)11-7-10(11)8-3-5-9(12)6-4-8/h3-6,10-11H,2,7H2,1H3/t10-,11-/m1/s1. The third-order valence-electron chi connectivity index (χ3n) is 2.89. The molecule has 0 amide bonds. The summed E-state index contributed by atoms with van der Waals surface area (Å²) in [5.74, 6) is -0.0140. The van der Waals surface area contributed by atoms with Gasteiger partial charge in [-0.2, -0.15) is 0 Å². The van der Waals surface area contributed by atoms with Gasteiger partial charge in [0.2, 0.25) is 0 Å². The van der Waals surface area contributed by atoms with Gasteiger partial charge in [0.25, 0.3) is 0 Å². The SMILES string of the molecule is CCS(=O)(=O)[C@@H]1C[C@@H]1c1ccc(F)cc1. The third-order valence-corrected chi connectivity index (χ3v) is 5.14. The van der Waals surface area contributed by atoms with Crippen molar-refractivity contribution in [1.82, 2.24) is 0 Å². The first-order valence-electron chi connectivity index (χ1n) is 5.01. The summed E-state index contributed by atoms with van der Waals surface area (Å²) in [7, 11) is -2.93. The van der Waals surface area contributed by atoms with Gasteiger partial charge in [-0.1, -0.05) is 19.1 Å². The second-order valence-corrected chi connectivity index (χ2v) is 6.39. The molecular weight excluding hydrogens is 215 g/mol. The normalized spacial score (nSPS) is 25.2. The van der Waals surface area contributed by atoms with Gasteiger partial charge in [-0.3, -0.25) is 0 Å². The van der Waals surface area contributed by atoms with E-state index in [-0.39, 0.29) is 22.7 Å². The Morgan fingerprint density at radius 3 is 2.47 bits per heavy atom. The molecule has 0 aromatic heterocycles. The van der Waals surface area contributed by atoms with Gasteiger partial charge in [-0.15, -0.1) is 0 Å². The van der Waals surface area contributed by atoms with Gasteiger partial charge in [0.1, 0.15) is 5.82 Å². The van der Waals surface area contributed by atoms with Gasteiger partial charge in [0, 0.05) is 11.7 Å². The number of rotatable bonds is 3. The van der Waals surface area contributed by atoms with Crippen LogP contribution in [0.1, 0.15) is 24.8 Å². The molecule has 0 saturated heterocycles. The van der Waals surface area contributed by atoms with Gasteiger partial charge in [-0.25, -0.2) is 12.8 Å². The molecule has 82 valence electrons. The van der Waals surface area contributed by atoms with Gasteiger partial charge in [0.15, 0.2) is 9.84 Å². The van der Waals surface area contributed by atoms with E-state index in [1.165, 1.54) is 12.1 Å². The van der Waals surface area contributed by atoms with Crippen LogP contribution in [0.4, 0.5) is 4.39 Å². The van der Waals surface area contributed by atoms with Crippen LogP contribution < -0.4 is 0 Å². The van der Waals surface area contributed by atoms with Crippen LogP contribution in [0.5, 0.6) is 0 Å². The number of sulfone groups is 1. The highest BCUT2D eigenvalue weighted by Crippen LogP contribution is 2.46. The largest absolute Gasteiger partial charge is 0.229 e. The molecule has 2 atom stereocenters. The quantitative estimate of drug-likeness (QED) is 0.794. The van der Waals surface area contributed by atoms with E-state index in [9.17, 15) is 12.8 Å². The molecular formula is C11H13FO2S. The minimum absolute atomic E-state index is 0.0792. The molecule has 1 aliphatic rings. The van der Waals surface area contributed by atoms with E-state index in [1.807, 2.05) is 0 Å². The molecule has 15 heavy (non-hydrogen) atoms. The lowest BCUT2D eigenvalue weighted by Gasteiger charge is -2.00. The predicted octanol–water partition coefficient (Wildman–Crippen LogP) is 2.12. The monoisotopic (exact) mass is 228 g/mol. The molecule has 0 unspecified atom stereocenters. The summed E-state index contributed by atoms with van der Waals surface area (Å²) in [4.78, 5) is 0. The zero-order valence-corrected chi connectivity index (χ0v) is 9.30. The molecule has 0 aliphatic heterocycles. The van der Waals surface area contributed by atoms with Crippen LogP contribution in [-0.2, 0) is 9.84 Å². The van der Waals surface area contributed by atoms with Crippen LogP contribution in [0.3, 0.4) is 0 Å². The summed E-state index contributed by atoms with van der Waals surface area (Å²) >= 11 is 0. The van der Waals surface area contributed by atoms with Crippen LogP contribution in [0, 0.1) is 5.82 Å². The van der Waals surface area contributed by atoms with Gasteiger partial charge in [-0.05, 0) is 24.1 Å². The molecule has 1 fully saturated rings. The Kier molecular flexibility index (Phi) is 2.54. The topological polar surface area (TPSA) is 34.1 Å². The average Bonchev–Trinajstić information content (AvgIpc) is 2.99. The van der Waals surface area contributed by atoms with Crippen LogP contribution in [-0.4, -0.2) is 19.4 Å². The molecule has 0 N–H and O–H groups in total. The lowest BCUT2D eigenvalue weighted by molar-refractivity contribution is 0.595. The number of hydrogen-bond donors (Lipinski definition) is 0. The number of halogens is 1. The van der Waals surface area contributed by atoms with Crippen LogP contribution >= 0.6 is 0 Å². The second kappa shape index (κ2) is 3.59. The van der Waals surface area contributed by atoms with E-state index in [0.29, 0.717) is 6.42 Å². The summed E-state index contributed by atoms with van der Waals surface area (Å²) < 4.78 is 35.7. The van der Waals surface area contributed by atoms with E-state index in [2.05, 4.69) is 0 Å². The van der Waals surface area contributed by atoms with Crippen molar-refractivity contribution < 1.29 is 12.8 Å². The van der Waals surface area contributed by atoms with E-state index in [4.69, 9.17) is 0 Å². The van der Waals surface area contributed by atoms with Crippen molar-refractivity contribution in [2.24, 2.45) is 0 Å². The van der Waals surface area contributed by atoms with Gasteiger partial charge < -0.3 is 0 Å². The highest BCUT2D eigenvalue weighted by Gasteiger charge is 2.46. The minimum atomic E-state index is -2.93. The van der Waals surface area contributed by atoms with Crippen molar-refractivity contribution in [3.63, 3.8) is 0 Å². The van der Waals surface area contributed by atoms with Crippen LogP contribution in [0.2, 0.25) is 0 Å². The van der Waals surface area contributed by atoms with Crippen molar-refractivity contribution in [1.29, 1.82) is 0 Å². The summed E-state index contributed by atoms with van der Waals surface area (Å²) in [5.41, 5.74) is 0.929. The maximum atomic E-state index is 12.6. The van der Waals surface area contributed by atoms with Gasteiger partial charge >= 0.3 is 0 Å². The van der Waals surface area contributed by atoms with E-state index in [0.717, 1.165) is 5.56 Å². The first kappa shape index (κ1) is 10.6. The Bertz CT molecular complexity index is 450. The zero-order valence-electron chi connectivity index (χ0n) is 8.48. The number of hydrogen-bond acceptors (Lipinski definition) is 2. The zero-order chi connectivity index (χ0) is 11.1. The first-order chi connectivity index (χ1) is 7.04. The van der Waals surface area contributed by atoms with Gasteiger partial charge in [0.05, 0.1) is 5.25 Å². The summed E-state index contributed by atoms with van der Waals surface area (Å²) in [6.45, 7) is 1.66. The van der Waals surface area contributed by atoms with E-state index >= 15 is 0 Å². The highest BCUT2D eigenvalue weighted by molar-refractivity contribution is 7.92. The summed E-state index contributed by atoms with van der Waals surface area (Å²) in [5, 5.41) is -0.243. The third kappa shape index (κ3) is 2.04. The first-order valence-corrected chi connectivity index (χ1v) is 6.73. The lowest BCUT2D eigenvalue weighted by atomic mass is 10.1. The molecule has 1 aliphatic carbocycles. The highest BCUT2D eigenvalue weighted by atomic mass is 32.2.